The second kappa shape index (κ2) is 5.63. The molecule has 5 nitrogen and oxygen atoms in total. The van der Waals surface area contributed by atoms with Crippen molar-refractivity contribution in [2.75, 3.05) is 37.8 Å². The van der Waals surface area contributed by atoms with E-state index in [-0.39, 0.29) is 0 Å². The van der Waals surface area contributed by atoms with Gasteiger partial charge in [0.2, 0.25) is 11.8 Å². The Labute approximate surface area is 101 Å². The molecule has 2 rings (SSSR count). The highest BCUT2D eigenvalue weighted by atomic mass is 16.5. The summed E-state index contributed by atoms with van der Waals surface area (Å²) in [5, 5.41) is 0. The van der Waals surface area contributed by atoms with E-state index < -0.39 is 0 Å². The summed E-state index contributed by atoms with van der Waals surface area (Å²) in [7, 11) is 0. The Morgan fingerprint density at radius 1 is 1.47 bits per heavy atom. The van der Waals surface area contributed by atoms with Gasteiger partial charge in [-0.15, -0.1) is 0 Å². The van der Waals surface area contributed by atoms with E-state index in [2.05, 4.69) is 21.4 Å². The quantitative estimate of drug-likeness (QED) is 0.733. The second-order valence-corrected chi connectivity index (χ2v) is 3.85. The molecule has 1 aliphatic rings. The van der Waals surface area contributed by atoms with Crippen molar-refractivity contribution >= 4 is 5.95 Å². The zero-order chi connectivity index (χ0) is 12.1. The summed E-state index contributed by atoms with van der Waals surface area (Å²) in [5.41, 5.74) is 0.903. The number of hydrogen-bond donors (Lipinski definition) is 0. The van der Waals surface area contributed by atoms with Gasteiger partial charge in [0.15, 0.2) is 0 Å². The molecule has 0 spiro atoms. The minimum absolute atomic E-state index is 0.457. The number of ether oxygens (including phenoxy) is 2. The molecular weight excluding hydrogens is 218 g/mol. The molecule has 1 aromatic rings. The van der Waals surface area contributed by atoms with Gasteiger partial charge in [-0.05, 0) is 6.92 Å². The zero-order valence-corrected chi connectivity index (χ0v) is 10.1. The number of aromatic nitrogens is 2. The topological polar surface area (TPSA) is 47.5 Å². The molecule has 0 aliphatic carbocycles. The van der Waals surface area contributed by atoms with E-state index in [0.717, 1.165) is 32.0 Å². The van der Waals surface area contributed by atoms with Crippen molar-refractivity contribution in [3.63, 3.8) is 0 Å². The van der Waals surface area contributed by atoms with Crippen LogP contribution >= 0.6 is 0 Å². The summed E-state index contributed by atoms with van der Waals surface area (Å²) in [6, 6.07) is 1.83. The first-order chi connectivity index (χ1) is 8.29. The van der Waals surface area contributed by atoms with Gasteiger partial charge in [-0.25, -0.2) is 4.98 Å². The van der Waals surface area contributed by atoms with E-state index in [4.69, 9.17) is 9.47 Å². The third-order valence-electron chi connectivity index (χ3n) is 2.46. The maximum absolute atomic E-state index is 5.44. The molecule has 0 saturated carbocycles. The number of aryl methyl sites for hydroxylation is 1. The van der Waals surface area contributed by atoms with Crippen LogP contribution < -0.4 is 9.64 Å². The van der Waals surface area contributed by atoms with Crippen molar-refractivity contribution in [3.8, 4) is 5.88 Å². The van der Waals surface area contributed by atoms with Crippen molar-refractivity contribution in [1.82, 2.24) is 9.97 Å². The van der Waals surface area contributed by atoms with E-state index in [1.54, 1.807) is 6.08 Å². The van der Waals surface area contributed by atoms with E-state index >= 15 is 0 Å². The molecule has 0 aromatic carbocycles. The van der Waals surface area contributed by atoms with E-state index in [0.29, 0.717) is 18.4 Å². The van der Waals surface area contributed by atoms with Crippen LogP contribution in [0, 0.1) is 6.92 Å². The van der Waals surface area contributed by atoms with Crippen molar-refractivity contribution in [2.24, 2.45) is 0 Å². The van der Waals surface area contributed by atoms with Gasteiger partial charge >= 0.3 is 0 Å². The van der Waals surface area contributed by atoms with Gasteiger partial charge in [0, 0.05) is 24.8 Å². The molecule has 1 aromatic heterocycles. The fraction of sp³-hybridized carbons (Fsp3) is 0.500. The SMILES string of the molecule is C=CCOc1cc(C)nc(N2CCOCC2)n1. The lowest BCUT2D eigenvalue weighted by atomic mass is 10.4. The summed E-state index contributed by atoms with van der Waals surface area (Å²) >= 11 is 0. The van der Waals surface area contributed by atoms with Crippen molar-refractivity contribution in [2.45, 2.75) is 6.92 Å². The first-order valence-electron chi connectivity index (χ1n) is 5.71. The van der Waals surface area contributed by atoms with E-state index in [9.17, 15) is 0 Å². The minimum Gasteiger partial charge on any atom is -0.473 e. The molecule has 5 heteroatoms. The molecule has 92 valence electrons. The third-order valence-corrected chi connectivity index (χ3v) is 2.46. The Bertz CT molecular complexity index is 389. The van der Waals surface area contributed by atoms with Gasteiger partial charge in [-0.1, -0.05) is 12.7 Å². The molecule has 1 saturated heterocycles. The van der Waals surface area contributed by atoms with Gasteiger partial charge in [0.1, 0.15) is 6.61 Å². The van der Waals surface area contributed by atoms with Crippen molar-refractivity contribution in [1.29, 1.82) is 0 Å². The lowest BCUT2D eigenvalue weighted by Gasteiger charge is -2.27. The number of rotatable bonds is 4. The Morgan fingerprint density at radius 3 is 2.94 bits per heavy atom. The van der Waals surface area contributed by atoms with Crippen LogP contribution in [0.2, 0.25) is 0 Å². The molecule has 0 bridgehead atoms. The van der Waals surface area contributed by atoms with Crippen molar-refractivity contribution in [3.05, 3.63) is 24.4 Å². The maximum Gasteiger partial charge on any atom is 0.229 e. The monoisotopic (exact) mass is 235 g/mol. The van der Waals surface area contributed by atoms with Crippen LogP contribution in [0.4, 0.5) is 5.95 Å². The summed E-state index contributed by atoms with van der Waals surface area (Å²) in [6.07, 6.45) is 1.70. The molecule has 1 fully saturated rings. The number of nitrogens with zero attached hydrogens (tertiary/aromatic N) is 3. The van der Waals surface area contributed by atoms with E-state index in [1.165, 1.54) is 0 Å². The smallest absolute Gasteiger partial charge is 0.229 e. The van der Waals surface area contributed by atoms with Gasteiger partial charge in [-0.3, -0.25) is 0 Å². The number of hydrogen-bond acceptors (Lipinski definition) is 5. The first-order valence-corrected chi connectivity index (χ1v) is 5.71. The Balaban J connectivity index is 2.14. The van der Waals surface area contributed by atoms with Crippen LogP contribution in [-0.4, -0.2) is 42.9 Å². The van der Waals surface area contributed by atoms with Crippen LogP contribution in [0.25, 0.3) is 0 Å². The third kappa shape index (κ3) is 3.17. The highest BCUT2D eigenvalue weighted by Gasteiger charge is 2.15. The van der Waals surface area contributed by atoms with Crippen LogP contribution in [-0.2, 0) is 4.74 Å². The summed E-state index contributed by atoms with van der Waals surface area (Å²) < 4.78 is 10.7. The molecule has 17 heavy (non-hydrogen) atoms. The summed E-state index contributed by atoms with van der Waals surface area (Å²) in [6.45, 7) is 9.10. The van der Waals surface area contributed by atoms with Gasteiger partial charge in [-0.2, -0.15) is 4.98 Å². The predicted octanol–water partition coefficient (Wildman–Crippen LogP) is 1.19. The Morgan fingerprint density at radius 2 is 2.24 bits per heavy atom. The molecule has 0 unspecified atom stereocenters. The summed E-state index contributed by atoms with van der Waals surface area (Å²) in [5.74, 6) is 1.31. The van der Waals surface area contributed by atoms with Gasteiger partial charge in [0.05, 0.1) is 13.2 Å². The minimum atomic E-state index is 0.457. The lowest BCUT2D eigenvalue weighted by molar-refractivity contribution is 0.122. The highest BCUT2D eigenvalue weighted by molar-refractivity contribution is 5.34. The Hall–Kier alpha value is -1.62. The average Bonchev–Trinajstić information content (AvgIpc) is 2.37. The standard InChI is InChI=1S/C12H17N3O2/c1-3-6-17-11-9-10(2)13-12(14-11)15-4-7-16-8-5-15/h3,9H,1,4-8H2,2H3. The molecule has 0 amide bonds. The first kappa shape index (κ1) is 11.9. The highest BCUT2D eigenvalue weighted by Crippen LogP contribution is 2.16. The fourth-order valence-electron chi connectivity index (χ4n) is 1.65. The second-order valence-electron chi connectivity index (χ2n) is 3.85. The molecular formula is C12H17N3O2. The summed E-state index contributed by atoms with van der Waals surface area (Å²) in [4.78, 5) is 10.9. The number of morpholine rings is 1. The lowest BCUT2D eigenvalue weighted by Crippen LogP contribution is -2.37. The molecule has 0 N–H and O–H groups in total. The molecule has 0 atom stereocenters. The predicted molar refractivity (Wildman–Crippen MR) is 65.5 cm³/mol. The Kier molecular flexibility index (Phi) is 3.93. The van der Waals surface area contributed by atoms with E-state index in [1.807, 2.05) is 13.0 Å². The van der Waals surface area contributed by atoms with Crippen LogP contribution in [0.3, 0.4) is 0 Å². The normalized spacial score (nSPS) is 15.7. The largest absolute Gasteiger partial charge is 0.473 e. The zero-order valence-electron chi connectivity index (χ0n) is 10.1. The average molecular weight is 235 g/mol. The van der Waals surface area contributed by atoms with Gasteiger partial charge < -0.3 is 14.4 Å². The maximum atomic E-state index is 5.44. The van der Waals surface area contributed by atoms with Crippen LogP contribution in [0.1, 0.15) is 5.69 Å². The fourth-order valence-corrected chi connectivity index (χ4v) is 1.65. The number of anilines is 1. The molecule has 0 radical (unpaired) electrons. The molecule has 2 heterocycles. The molecule has 1 aliphatic heterocycles. The van der Waals surface area contributed by atoms with Crippen LogP contribution in [0.15, 0.2) is 18.7 Å². The van der Waals surface area contributed by atoms with Crippen LogP contribution in [0.5, 0.6) is 5.88 Å². The van der Waals surface area contributed by atoms with Crippen molar-refractivity contribution < 1.29 is 9.47 Å². The van der Waals surface area contributed by atoms with Gasteiger partial charge in [0.25, 0.3) is 0 Å².